The van der Waals surface area contributed by atoms with Crippen LogP contribution in [0.1, 0.15) is 34.2 Å². The summed E-state index contributed by atoms with van der Waals surface area (Å²) < 4.78 is 1.82. The number of hydrogen-bond donors (Lipinski definition) is 0. The van der Waals surface area contributed by atoms with Crippen molar-refractivity contribution >= 4 is 5.78 Å². The number of carbonyl (C=O) groups is 1. The van der Waals surface area contributed by atoms with Gasteiger partial charge >= 0.3 is 0 Å². The number of aromatic nitrogens is 2. The highest BCUT2D eigenvalue weighted by atomic mass is 16.1. The third kappa shape index (κ3) is 2.00. The van der Waals surface area contributed by atoms with Gasteiger partial charge < -0.3 is 0 Å². The molecule has 1 heterocycles. The van der Waals surface area contributed by atoms with E-state index in [9.17, 15) is 4.79 Å². The van der Waals surface area contributed by atoms with Crippen LogP contribution in [-0.2, 0) is 0 Å². The van der Waals surface area contributed by atoms with E-state index >= 15 is 0 Å². The Morgan fingerprint density at radius 2 is 1.71 bits per heavy atom. The number of rotatable bonds is 2. The number of carbonyl (C=O) groups excluding carboxylic acids is 1. The molecule has 0 atom stereocenters. The second kappa shape index (κ2) is 4.17. The molecule has 1 aromatic carbocycles. The molecule has 2 aromatic rings. The van der Waals surface area contributed by atoms with Crippen LogP contribution < -0.4 is 0 Å². The molecule has 17 heavy (non-hydrogen) atoms. The number of aryl methyl sites for hydroxylation is 2. The molecular weight excluding hydrogens is 212 g/mol. The van der Waals surface area contributed by atoms with Crippen LogP contribution >= 0.6 is 0 Å². The van der Waals surface area contributed by atoms with E-state index in [1.54, 1.807) is 6.92 Å². The van der Waals surface area contributed by atoms with E-state index in [4.69, 9.17) is 0 Å². The van der Waals surface area contributed by atoms with Crippen molar-refractivity contribution in [2.24, 2.45) is 0 Å². The summed E-state index contributed by atoms with van der Waals surface area (Å²) in [7, 11) is 0. The summed E-state index contributed by atoms with van der Waals surface area (Å²) in [6.07, 6.45) is 0. The van der Waals surface area contributed by atoms with Gasteiger partial charge in [-0.25, -0.2) is 4.68 Å². The molecule has 0 unspecified atom stereocenters. The molecule has 0 aliphatic heterocycles. The smallest absolute Gasteiger partial charge is 0.163 e. The fourth-order valence-corrected chi connectivity index (χ4v) is 2.09. The predicted molar refractivity (Wildman–Crippen MR) is 67.8 cm³/mol. The molecule has 0 saturated carbocycles. The molecule has 88 valence electrons. The highest BCUT2D eigenvalue weighted by molar-refractivity contribution is 5.96. The van der Waals surface area contributed by atoms with E-state index in [0.717, 1.165) is 22.6 Å². The fraction of sp³-hybridized carbons (Fsp3) is 0.286. The zero-order valence-electron chi connectivity index (χ0n) is 10.6. The molecule has 0 aliphatic rings. The fourth-order valence-electron chi connectivity index (χ4n) is 2.09. The summed E-state index contributed by atoms with van der Waals surface area (Å²) in [6, 6.07) is 8.11. The summed E-state index contributed by atoms with van der Waals surface area (Å²) in [4.78, 5) is 11.5. The van der Waals surface area contributed by atoms with Gasteiger partial charge in [0, 0.05) is 0 Å². The summed E-state index contributed by atoms with van der Waals surface area (Å²) in [5, 5.41) is 4.43. The molecule has 0 N–H and O–H groups in total. The summed E-state index contributed by atoms with van der Waals surface area (Å²) in [5.41, 5.74) is 4.62. The number of nitrogens with zero attached hydrogens (tertiary/aromatic N) is 2. The van der Waals surface area contributed by atoms with Crippen LogP contribution in [0.15, 0.2) is 24.3 Å². The zero-order valence-corrected chi connectivity index (χ0v) is 10.6. The van der Waals surface area contributed by atoms with Crippen LogP contribution in [0, 0.1) is 20.8 Å². The molecule has 1 aromatic heterocycles. The Morgan fingerprint density at radius 1 is 1.12 bits per heavy atom. The van der Waals surface area contributed by atoms with E-state index < -0.39 is 0 Å². The van der Waals surface area contributed by atoms with Gasteiger partial charge in [0.2, 0.25) is 0 Å². The van der Waals surface area contributed by atoms with Crippen LogP contribution in [-0.4, -0.2) is 15.6 Å². The Bertz CT molecular complexity index is 565. The first-order valence-corrected chi connectivity index (χ1v) is 5.65. The van der Waals surface area contributed by atoms with Crippen molar-refractivity contribution in [1.29, 1.82) is 0 Å². The minimum Gasteiger partial charge on any atom is -0.294 e. The van der Waals surface area contributed by atoms with Crippen molar-refractivity contribution in [3.05, 3.63) is 46.8 Å². The predicted octanol–water partition coefficient (Wildman–Crippen LogP) is 3.00. The van der Waals surface area contributed by atoms with E-state index in [2.05, 4.69) is 5.10 Å². The van der Waals surface area contributed by atoms with Gasteiger partial charge in [-0.15, -0.1) is 0 Å². The average molecular weight is 228 g/mol. The molecule has 0 fully saturated rings. The third-order valence-electron chi connectivity index (χ3n) is 2.92. The van der Waals surface area contributed by atoms with Crippen molar-refractivity contribution in [3.63, 3.8) is 0 Å². The molecule has 3 heteroatoms. The third-order valence-corrected chi connectivity index (χ3v) is 2.92. The Balaban J connectivity index is 2.57. The van der Waals surface area contributed by atoms with Gasteiger partial charge in [0.15, 0.2) is 5.78 Å². The lowest BCUT2D eigenvalue weighted by Gasteiger charge is -2.04. The van der Waals surface area contributed by atoms with Crippen LogP contribution in [0.3, 0.4) is 0 Å². The molecule has 2 rings (SSSR count). The lowest BCUT2D eigenvalue weighted by atomic mass is 10.1. The van der Waals surface area contributed by atoms with Gasteiger partial charge in [-0.3, -0.25) is 4.79 Å². The molecule has 0 amide bonds. The normalized spacial score (nSPS) is 10.6. The SMILES string of the molecule is CC(=O)c1c(C)nn(-c2ccc(C)cc2)c1C. The summed E-state index contributed by atoms with van der Waals surface area (Å²) in [6.45, 7) is 7.42. The maximum atomic E-state index is 11.5. The van der Waals surface area contributed by atoms with Crippen molar-refractivity contribution in [2.75, 3.05) is 0 Å². The molecule has 0 radical (unpaired) electrons. The van der Waals surface area contributed by atoms with Gasteiger partial charge in [-0.2, -0.15) is 5.10 Å². The van der Waals surface area contributed by atoms with Crippen LogP contribution in [0.4, 0.5) is 0 Å². The number of hydrogen-bond acceptors (Lipinski definition) is 2. The van der Waals surface area contributed by atoms with Crippen LogP contribution in [0.25, 0.3) is 5.69 Å². The zero-order chi connectivity index (χ0) is 12.6. The van der Waals surface area contributed by atoms with E-state index in [-0.39, 0.29) is 5.78 Å². The number of ketones is 1. The molecule has 0 saturated heterocycles. The van der Waals surface area contributed by atoms with Crippen molar-refractivity contribution in [2.45, 2.75) is 27.7 Å². The maximum absolute atomic E-state index is 11.5. The highest BCUT2D eigenvalue weighted by Gasteiger charge is 2.15. The van der Waals surface area contributed by atoms with E-state index in [1.165, 1.54) is 5.56 Å². The van der Waals surface area contributed by atoms with Gasteiger partial charge in [-0.1, -0.05) is 17.7 Å². The van der Waals surface area contributed by atoms with Gasteiger partial charge in [0.05, 0.1) is 22.6 Å². The van der Waals surface area contributed by atoms with Gasteiger partial charge in [0.25, 0.3) is 0 Å². The molecule has 0 aliphatic carbocycles. The van der Waals surface area contributed by atoms with Gasteiger partial charge in [-0.05, 0) is 39.8 Å². The second-order valence-electron chi connectivity index (χ2n) is 4.35. The van der Waals surface area contributed by atoms with Crippen molar-refractivity contribution in [1.82, 2.24) is 9.78 Å². The van der Waals surface area contributed by atoms with Crippen LogP contribution in [0.5, 0.6) is 0 Å². The van der Waals surface area contributed by atoms with Gasteiger partial charge in [0.1, 0.15) is 0 Å². The summed E-state index contributed by atoms with van der Waals surface area (Å²) >= 11 is 0. The average Bonchev–Trinajstić information content (AvgIpc) is 2.55. The van der Waals surface area contributed by atoms with Crippen molar-refractivity contribution < 1.29 is 4.79 Å². The van der Waals surface area contributed by atoms with Crippen LogP contribution in [0.2, 0.25) is 0 Å². The second-order valence-corrected chi connectivity index (χ2v) is 4.35. The van der Waals surface area contributed by atoms with E-state index in [0.29, 0.717) is 0 Å². The first kappa shape index (κ1) is 11.6. The standard InChI is InChI=1S/C14H16N2O/c1-9-5-7-13(8-6-9)16-11(3)14(12(4)17)10(2)15-16/h5-8H,1-4H3. The Labute approximate surface area is 101 Å². The molecular formula is C14H16N2O. The topological polar surface area (TPSA) is 34.9 Å². The molecule has 3 nitrogen and oxygen atoms in total. The van der Waals surface area contributed by atoms with E-state index in [1.807, 2.05) is 49.7 Å². The minimum absolute atomic E-state index is 0.0679. The first-order valence-electron chi connectivity index (χ1n) is 5.65. The molecule has 0 spiro atoms. The molecule has 0 bridgehead atoms. The summed E-state index contributed by atoms with van der Waals surface area (Å²) in [5.74, 6) is 0.0679. The quantitative estimate of drug-likeness (QED) is 0.740. The monoisotopic (exact) mass is 228 g/mol. The Hall–Kier alpha value is -1.90. The number of Topliss-reactive ketones (excluding diaryl/α,β-unsaturated/α-hetero) is 1. The maximum Gasteiger partial charge on any atom is 0.163 e. The lowest BCUT2D eigenvalue weighted by Crippen LogP contribution is -2.01. The Morgan fingerprint density at radius 3 is 2.18 bits per heavy atom. The largest absolute Gasteiger partial charge is 0.294 e. The minimum atomic E-state index is 0.0679. The lowest BCUT2D eigenvalue weighted by molar-refractivity contribution is 0.101. The van der Waals surface area contributed by atoms with Crippen molar-refractivity contribution in [3.8, 4) is 5.69 Å². The highest BCUT2D eigenvalue weighted by Crippen LogP contribution is 2.18. The first-order chi connectivity index (χ1) is 8.00. The number of benzene rings is 1. The Kier molecular flexibility index (Phi) is 2.84.